The minimum Gasteiger partial charge on any atom is -0.481 e. The Balaban J connectivity index is 2.01. The van der Waals surface area contributed by atoms with Crippen molar-refractivity contribution in [1.29, 1.82) is 0 Å². The van der Waals surface area contributed by atoms with E-state index >= 15 is 0 Å². The highest BCUT2D eigenvalue weighted by atomic mass is 16.4. The zero-order valence-electron chi connectivity index (χ0n) is 11.0. The number of carbonyl (C=O) groups is 1. The van der Waals surface area contributed by atoms with E-state index in [0.717, 1.165) is 16.6 Å². The van der Waals surface area contributed by atoms with Crippen LogP contribution in [0, 0.1) is 0 Å². The van der Waals surface area contributed by atoms with Gasteiger partial charge in [0.25, 0.3) is 0 Å². The Morgan fingerprint density at radius 3 is 2.70 bits per heavy atom. The molecule has 0 aliphatic rings. The fourth-order valence-electron chi connectivity index (χ4n) is 2.18. The summed E-state index contributed by atoms with van der Waals surface area (Å²) in [6, 6.07) is 14.2. The van der Waals surface area contributed by atoms with E-state index < -0.39 is 11.9 Å². The van der Waals surface area contributed by atoms with Crippen LogP contribution in [0.5, 0.6) is 0 Å². The van der Waals surface area contributed by atoms with Crippen molar-refractivity contribution in [2.24, 2.45) is 0 Å². The number of carboxylic acid groups (broad SMARTS) is 1. The number of nitrogens with zero attached hydrogens (tertiary/aromatic N) is 1. The molecule has 3 aromatic rings. The highest BCUT2D eigenvalue weighted by molar-refractivity contribution is 5.86. The van der Waals surface area contributed by atoms with E-state index in [4.69, 9.17) is 5.11 Å². The summed E-state index contributed by atoms with van der Waals surface area (Å²) in [7, 11) is 0. The summed E-state index contributed by atoms with van der Waals surface area (Å²) in [5, 5.41) is 11.3. The van der Waals surface area contributed by atoms with Crippen LogP contribution in [0.3, 0.4) is 0 Å². The second kappa shape index (κ2) is 4.81. The van der Waals surface area contributed by atoms with E-state index in [2.05, 4.69) is 28.2 Å². The maximum absolute atomic E-state index is 11.0. The van der Waals surface area contributed by atoms with Crippen molar-refractivity contribution in [3.63, 3.8) is 0 Å². The molecule has 0 spiro atoms. The molecule has 4 heteroatoms. The maximum atomic E-state index is 11.0. The van der Waals surface area contributed by atoms with Crippen molar-refractivity contribution in [3.05, 3.63) is 54.5 Å². The number of fused-ring (bicyclic) bond motifs is 1. The van der Waals surface area contributed by atoms with Gasteiger partial charge in [-0.05, 0) is 23.8 Å². The molecule has 0 bridgehead atoms. The summed E-state index contributed by atoms with van der Waals surface area (Å²) in [6.07, 6.45) is 1.68. The Morgan fingerprint density at radius 1 is 1.20 bits per heavy atom. The highest BCUT2D eigenvalue weighted by Crippen LogP contribution is 2.24. The zero-order valence-corrected chi connectivity index (χ0v) is 11.0. The lowest BCUT2D eigenvalue weighted by Gasteiger charge is -2.03. The molecule has 0 amide bonds. The molecule has 0 aliphatic heterocycles. The number of hydrogen-bond donors (Lipinski definition) is 2. The van der Waals surface area contributed by atoms with Crippen LogP contribution in [-0.2, 0) is 4.79 Å². The van der Waals surface area contributed by atoms with Crippen LogP contribution < -0.4 is 0 Å². The number of nitrogens with one attached hydrogen (secondary N) is 1. The summed E-state index contributed by atoms with van der Waals surface area (Å²) in [5.41, 5.74) is 1.83. The molecule has 2 aromatic carbocycles. The van der Waals surface area contributed by atoms with E-state index in [1.807, 2.05) is 24.3 Å². The van der Waals surface area contributed by atoms with Gasteiger partial charge in [0.1, 0.15) is 11.7 Å². The molecule has 0 saturated heterocycles. The van der Waals surface area contributed by atoms with Crippen molar-refractivity contribution in [1.82, 2.24) is 9.97 Å². The van der Waals surface area contributed by atoms with Gasteiger partial charge in [0.2, 0.25) is 0 Å². The smallest absolute Gasteiger partial charge is 0.313 e. The van der Waals surface area contributed by atoms with Crippen molar-refractivity contribution >= 4 is 16.7 Å². The van der Waals surface area contributed by atoms with E-state index in [-0.39, 0.29) is 0 Å². The third-order valence-corrected chi connectivity index (χ3v) is 3.44. The van der Waals surface area contributed by atoms with Gasteiger partial charge in [-0.3, -0.25) is 4.79 Å². The lowest BCUT2D eigenvalue weighted by Crippen LogP contribution is -2.08. The second-order valence-electron chi connectivity index (χ2n) is 4.80. The van der Waals surface area contributed by atoms with Crippen LogP contribution in [0.4, 0.5) is 0 Å². The predicted octanol–water partition coefficient (Wildman–Crippen LogP) is 3.42. The first-order valence-electron chi connectivity index (χ1n) is 6.42. The fraction of sp³-hybridized carbons (Fsp3) is 0.125. The Labute approximate surface area is 116 Å². The SMILES string of the molecule is CC(C(=O)O)c1ncc(-c2ccc3ccccc3c2)[nH]1. The molecule has 20 heavy (non-hydrogen) atoms. The van der Waals surface area contributed by atoms with Gasteiger partial charge in [-0.25, -0.2) is 4.98 Å². The van der Waals surface area contributed by atoms with E-state index in [1.54, 1.807) is 13.1 Å². The zero-order chi connectivity index (χ0) is 14.1. The molecule has 3 rings (SSSR count). The summed E-state index contributed by atoms with van der Waals surface area (Å²) < 4.78 is 0. The standard InChI is InChI=1S/C16H14N2O2/c1-10(16(19)20)15-17-9-14(18-15)13-7-6-11-4-2-3-5-12(11)8-13/h2-10H,1H3,(H,17,18)(H,19,20). The van der Waals surface area contributed by atoms with Crippen molar-refractivity contribution < 1.29 is 9.90 Å². The van der Waals surface area contributed by atoms with Crippen LogP contribution >= 0.6 is 0 Å². The Morgan fingerprint density at radius 2 is 1.95 bits per heavy atom. The molecule has 100 valence electrons. The van der Waals surface area contributed by atoms with Crippen LogP contribution in [0.15, 0.2) is 48.7 Å². The van der Waals surface area contributed by atoms with Crippen molar-refractivity contribution in [2.75, 3.05) is 0 Å². The summed E-state index contributed by atoms with van der Waals surface area (Å²) >= 11 is 0. The first-order valence-corrected chi connectivity index (χ1v) is 6.42. The number of H-pyrrole nitrogens is 1. The lowest BCUT2D eigenvalue weighted by atomic mass is 10.1. The highest BCUT2D eigenvalue weighted by Gasteiger charge is 2.17. The van der Waals surface area contributed by atoms with Gasteiger partial charge in [0, 0.05) is 5.56 Å². The molecule has 0 saturated carbocycles. The lowest BCUT2D eigenvalue weighted by molar-refractivity contribution is -0.138. The molecule has 0 radical (unpaired) electrons. The monoisotopic (exact) mass is 266 g/mol. The Hall–Kier alpha value is -2.62. The van der Waals surface area contributed by atoms with Crippen molar-refractivity contribution in [3.8, 4) is 11.3 Å². The molecule has 0 fully saturated rings. The number of imidazole rings is 1. The van der Waals surface area contributed by atoms with Crippen LogP contribution in [0.2, 0.25) is 0 Å². The average Bonchev–Trinajstić information content (AvgIpc) is 2.95. The first kappa shape index (κ1) is 12.4. The van der Waals surface area contributed by atoms with Crippen LogP contribution in [0.25, 0.3) is 22.0 Å². The number of rotatable bonds is 3. The van der Waals surface area contributed by atoms with E-state index in [0.29, 0.717) is 5.82 Å². The van der Waals surface area contributed by atoms with Gasteiger partial charge in [0.05, 0.1) is 11.9 Å². The minimum atomic E-state index is -0.885. The molecule has 4 nitrogen and oxygen atoms in total. The van der Waals surface area contributed by atoms with Gasteiger partial charge < -0.3 is 10.1 Å². The number of aliphatic carboxylic acids is 1. The largest absolute Gasteiger partial charge is 0.481 e. The predicted molar refractivity (Wildman–Crippen MR) is 77.6 cm³/mol. The summed E-state index contributed by atoms with van der Waals surface area (Å²) in [6.45, 7) is 1.62. The molecule has 1 unspecified atom stereocenters. The van der Waals surface area contributed by atoms with Crippen molar-refractivity contribution in [2.45, 2.75) is 12.8 Å². The topological polar surface area (TPSA) is 66.0 Å². The minimum absolute atomic E-state index is 0.473. The fourth-order valence-corrected chi connectivity index (χ4v) is 2.18. The van der Waals surface area contributed by atoms with Gasteiger partial charge in [0.15, 0.2) is 0 Å². The number of benzene rings is 2. The third kappa shape index (κ3) is 2.16. The quantitative estimate of drug-likeness (QED) is 0.763. The van der Waals surface area contributed by atoms with Crippen LogP contribution in [0.1, 0.15) is 18.7 Å². The molecule has 1 aromatic heterocycles. The molecule has 0 aliphatic carbocycles. The molecule has 1 atom stereocenters. The van der Waals surface area contributed by atoms with E-state index in [9.17, 15) is 4.79 Å². The normalized spacial score (nSPS) is 12.4. The molecular formula is C16H14N2O2. The molecular weight excluding hydrogens is 252 g/mol. The Kier molecular flexibility index (Phi) is 2.99. The number of carboxylic acids is 1. The number of aromatic nitrogens is 2. The first-order chi connectivity index (χ1) is 9.65. The summed E-state index contributed by atoms with van der Waals surface area (Å²) in [5.74, 6) is -1.05. The average molecular weight is 266 g/mol. The van der Waals surface area contributed by atoms with Gasteiger partial charge >= 0.3 is 5.97 Å². The van der Waals surface area contributed by atoms with Gasteiger partial charge in [-0.2, -0.15) is 0 Å². The summed E-state index contributed by atoms with van der Waals surface area (Å²) in [4.78, 5) is 18.2. The molecule has 1 heterocycles. The second-order valence-corrected chi connectivity index (χ2v) is 4.80. The number of aromatic amines is 1. The Bertz CT molecular complexity index is 777. The van der Waals surface area contributed by atoms with Gasteiger partial charge in [-0.15, -0.1) is 0 Å². The third-order valence-electron chi connectivity index (χ3n) is 3.44. The van der Waals surface area contributed by atoms with Crippen LogP contribution in [-0.4, -0.2) is 21.0 Å². The van der Waals surface area contributed by atoms with E-state index in [1.165, 1.54) is 5.39 Å². The maximum Gasteiger partial charge on any atom is 0.313 e. The van der Waals surface area contributed by atoms with Gasteiger partial charge in [-0.1, -0.05) is 36.4 Å². The number of hydrogen-bond acceptors (Lipinski definition) is 2. The molecule has 2 N–H and O–H groups in total.